The summed E-state index contributed by atoms with van der Waals surface area (Å²) in [7, 11) is 0. The summed E-state index contributed by atoms with van der Waals surface area (Å²) in [6.07, 6.45) is 10.2. The first kappa shape index (κ1) is 16.4. The normalized spacial score (nSPS) is 20.4. The van der Waals surface area contributed by atoms with Crippen molar-refractivity contribution >= 4 is 28.3 Å². The van der Waals surface area contributed by atoms with Gasteiger partial charge in [0.2, 0.25) is 11.8 Å². The molecule has 0 atom stereocenters. The smallest absolute Gasteiger partial charge is 0.229 e. The average Bonchev–Trinajstić information content (AvgIpc) is 3.09. The zero-order valence-corrected chi connectivity index (χ0v) is 14.3. The fraction of sp³-hybridized carbons (Fsp3) is 0.706. The van der Waals surface area contributed by atoms with Crippen molar-refractivity contribution in [3.8, 4) is 0 Å². The standard InChI is InChI=1S/C17H25N3O2S/c21-15(12-13-4-2-1-3-5-13)20-9-6-14(7-10-20)16(22)19-17-18-8-11-23-17/h8,11,13-14H,1-7,9-10,12H2,(H,18,19,22). The van der Waals surface area contributed by atoms with E-state index >= 15 is 0 Å². The monoisotopic (exact) mass is 335 g/mol. The Kier molecular flexibility index (Phi) is 5.65. The Bertz CT molecular complexity index is 518. The summed E-state index contributed by atoms with van der Waals surface area (Å²) in [5.41, 5.74) is 0. The second-order valence-corrected chi connectivity index (χ2v) is 7.58. The summed E-state index contributed by atoms with van der Waals surface area (Å²) in [5.74, 6) is 0.912. The van der Waals surface area contributed by atoms with Gasteiger partial charge in [-0.2, -0.15) is 0 Å². The molecule has 23 heavy (non-hydrogen) atoms. The van der Waals surface area contributed by atoms with Crippen LogP contribution in [0.4, 0.5) is 5.13 Å². The molecule has 1 aromatic rings. The van der Waals surface area contributed by atoms with E-state index in [1.165, 1.54) is 43.4 Å². The number of piperidine rings is 1. The van der Waals surface area contributed by atoms with Crippen molar-refractivity contribution in [2.24, 2.45) is 11.8 Å². The second kappa shape index (κ2) is 7.90. The molecule has 1 saturated heterocycles. The third-order valence-corrected chi connectivity index (χ3v) is 5.76. The van der Waals surface area contributed by atoms with Gasteiger partial charge >= 0.3 is 0 Å². The molecule has 2 amide bonds. The SMILES string of the molecule is O=C(Nc1nccs1)C1CCN(C(=O)CC2CCCCC2)CC1. The van der Waals surface area contributed by atoms with Gasteiger partial charge < -0.3 is 10.2 Å². The summed E-state index contributed by atoms with van der Waals surface area (Å²) in [5, 5.41) is 5.37. The number of carbonyl (C=O) groups excluding carboxylic acids is 2. The molecule has 0 aromatic carbocycles. The van der Waals surface area contributed by atoms with Crippen LogP contribution in [0.2, 0.25) is 0 Å². The maximum atomic E-state index is 12.4. The third kappa shape index (κ3) is 4.53. The second-order valence-electron chi connectivity index (χ2n) is 6.69. The fourth-order valence-corrected chi connectivity index (χ4v) is 4.18. The first-order valence-corrected chi connectivity index (χ1v) is 9.58. The van der Waals surface area contributed by atoms with Gasteiger partial charge in [0.25, 0.3) is 0 Å². The van der Waals surface area contributed by atoms with Gasteiger partial charge in [-0.05, 0) is 31.6 Å². The molecule has 0 bridgehead atoms. The zero-order valence-electron chi connectivity index (χ0n) is 13.5. The number of amides is 2. The fourth-order valence-electron chi connectivity index (χ4n) is 3.65. The van der Waals surface area contributed by atoms with Gasteiger partial charge in [-0.3, -0.25) is 9.59 Å². The number of hydrogen-bond acceptors (Lipinski definition) is 4. The Morgan fingerprint density at radius 1 is 1.17 bits per heavy atom. The van der Waals surface area contributed by atoms with Gasteiger partial charge in [-0.25, -0.2) is 4.98 Å². The minimum atomic E-state index is -0.00219. The van der Waals surface area contributed by atoms with E-state index in [1.807, 2.05) is 10.3 Å². The molecule has 1 saturated carbocycles. The van der Waals surface area contributed by atoms with Gasteiger partial charge in [0.05, 0.1) is 0 Å². The highest BCUT2D eigenvalue weighted by Crippen LogP contribution is 2.28. The molecular weight excluding hydrogens is 310 g/mol. The maximum Gasteiger partial charge on any atom is 0.229 e. The lowest BCUT2D eigenvalue weighted by molar-refractivity contribution is -0.135. The molecule has 5 nitrogen and oxygen atoms in total. The zero-order chi connectivity index (χ0) is 16.1. The first-order valence-electron chi connectivity index (χ1n) is 8.70. The Morgan fingerprint density at radius 3 is 2.57 bits per heavy atom. The molecule has 0 unspecified atom stereocenters. The third-order valence-electron chi connectivity index (χ3n) is 5.07. The number of carbonyl (C=O) groups is 2. The van der Waals surface area contributed by atoms with Crippen molar-refractivity contribution in [2.45, 2.75) is 51.4 Å². The lowest BCUT2D eigenvalue weighted by atomic mass is 9.86. The van der Waals surface area contributed by atoms with Crippen LogP contribution in [0.3, 0.4) is 0 Å². The van der Waals surface area contributed by atoms with Crippen molar-refractivity contribution in [3.63, 3.8) is 0 Å². The van der Waals surface area contributed by atoms with E-state index in [0.29, 0.717) is 30.6 Å². The highest BCUT2D eigenvalue weighted by Gasteiger charge is 2.28. The summed E-state index contributed by atoms with van der Waals surface area (Å²) in [4.78, 5) is 30.7. The van der Waals surface area contributed by atoms with Crippen LogP contribution < -0.4 is 5.32 Å². The van der Waals surface area contributed by atoms with E-state index in [1.54, 1.807) is 6.20 Å². The molecule has 1 aliphatic carbocycles. The highest BCUT2D eigenvalue weighted by molar-refractivity contribution is 7.13. The average molecular weight is 335 g/mol. The number of anilines is 1. The molecule has 0 spiro atoms. The number of nitrogens with zero attached hydrogens (tertiary/aromatic N) is 2. The van der Waals surface area contributed by atoms with Crippen LogP contribution in [-0.4, -0.2) is 34.8 Å². The lowest BCUT2D eigenvalue weighted by Gasteiger charge is -2.32. The molecule has 1 aromatic heterocycles. The predicted molar refractivity (Wildman–Crippen MR) is 91.2 cm³/mol. The van der Waals surface area contributed by atoms with Crippen LogP contribution in [0.15, 0.2) is 11.6 Å². The van der Waals surface area contributed by atoms with Crippen molar-refractivity contribution in [2.75, 3.05) is 18.4 Å². The van der Waals surface area contributed by atoms with Crippen LogP contribution in [0.5, 0.6) is 0 Å². The van der Waals surface area contributed by atoms with E-state index < -0.39 is 0 Å². The lowest BCUT2D eigenvalue weighted by Crippen LogP contribution is -2.42. The number of rotatable bonds is 4. The van der Waals surface area contributed by atoms with E-state index in [4.69, 9.17) is 0 Å². The number of likely N-dealkylation sites (tertiary alicyclic amines) is 1. The van der Waals surface area contributed by atoms with E-state index in [-0.39, 0.29) is 17.7 Å². The highest BCUT2D eigenvalue weighted by atomic mass is 32.1. The largest absolute Gasteiger partial charge is 0.343 e. The molecule has 0 radical (unpaired) electrons. The number of aromatic nitrogens is 1. The van der Waals surface area contributed by atoms with E-state index in [2.05, 4.69) is 10.3 Å². The molecule has 3 rings (SSSR count). The quantitative estimate of drug-likeness (QED) is 0.918. The Hall–Kier alpha value is -1.43. The molecule has 1 aliphatic heterocycles. The minimum absolute atomic E-state index is 0.00219. The van der Waals surface area contributed by atoms with Crippen LogP contribution in [0.25, 0.3) is 0 Å². The Balaban J connectivity index is 1.42. The van der Waals surface area contributed by atoms with Crippen molar-refractivity contribution < 1.29 is 9.59 Å². The van der Waals surface area contributed by atoms with E-state index in [9.17, 15) is 9.59 Å². The van der Waals surface area contributed by atoms with Gasteiger partial charge in [0.1, 0.15) is 0 Å². The Labute approximate surface area is 141 Å². The minimum Gasteiger partial charge on any atom is -0.343 e. The topological polar surface area (TPSA) is 62.3 Å². The van der Waals surface area contributed by atoms with Gasteiger partial charge in [-0.15, -0.1) is 11.3 Å². The summed E-state index contributed by atoms with van der Waals surface area (Å²) in [6.45, 7) is 1.42. The van der Waals surface area contributed by atoms with E-state index in [0.717, 1.165) is 12.8 Å². The maximum absolute atomic E-state index is 12.4. The van der Waals surface area contributed by atoms with Crippen LogP contribution in [0.1, 0.15) is 51.4 Å². The van der Waals surface area contributed by atoms with Gasteiger partial charge in [0, 0.05) is 37.0 Å². The number of thiazole rings is 1. The summed E-state index contributed by atoms with van der Waals surface area (Å²) in [6, 6.07) is 0. The van der Waals surface area contributed by atoms with Gasteiger partial charge in [-0.1, -0.05) is 19.3 Å². The summed E-state index contributed by atoms with van der Waals surface area (Å²) >= 11 is 1.43. The number of nitrogens with one attached hydrogen (secondary N) is 1. The van der Waals surface area contributed by atoms with Crippen LogP contribution in [0, 0.1) is 11.8 Å². The van der Waals surface area contributed by atoms with Gasteiger partial charge in [0.15, 0.2) is 5.13 Å². The van der Waals surface area contributed by atoms with Crippen molar-refractivity contribution in [3.05, 3.63) is 11.6 Å². The summed E-state index contributed by atoms with van der Waals surface area (Å²) < 4.78 is 0. The molecule has 6 heteroatoms. The first-order chi connectivity index (χ1) is 11.2. The van der Waals surface area contributed by atoms with Crippen molar-refractivity contribution in [1.82, 2.24) is 9.88 Å². The number of hydrogen-bond donors (Lipinski definition) is 1. The van der Waals surface area contributed by atoms with Crippen LogP contribution >= 0.6 is 11.3 Å². The molecule has 2 aliphatic rings. The molecule has 2 heterocycles. The predicted octanol–water partition coefficient (Wildman–Crippen LogP) is 3.29. The van der Waals surface area contributed by atoms with Crippen molar-refractivity contribution in [1.29, 1.82) is 0 Å². The molecular formula is C17H25N3O2S. The molecule has 126 valence electrons. The van der Waals surface area contributed by atoms with Crippen LogP contribution in [-0.2, 0) is 9.59 Å². The molecule has 1 N–H and O–H groups in total. The molecule has 2 fully saturated rings. The Morgan fingerprint density at radius 2 is 1.91 bits per heavy atom.